The molecule has 0 unspecified atom stereocenters. The number of nitrogens with one attached hydrogen (secondary N) is 1. The summed E-state index contributed by atoms with van der Waals surface area (Å²) in [7, 11) is 0. The van der Waals surface area contributed by atoms with Crippen LogP contribution in [0.5, 0.6) is 0 Å². The van der Waals surface area contributed by atoms with E-state index in [4.69, 9.17) is 4.74 Å². The van der Waals surface area contributed by atoms with Crippen molar-refractivity contribution in [1.82, 2.24) is 9.97 Å². The first-order valence-electron chi connectivity index (χ1n) is 8.76. The monoisotopic (exact) mass is 365 g/mol. The van der Waals surface area contributed by atoms with Gasteiger partial charge in [0.05, 0.1) is 29.2 Å². The summed E-state index contributed by atoms with van der Waals surface area (Å²) in [6, 6.07) is 10.6. The molecule has 0 radical (unpaired) electrons. The standard InChI is InChI=1S/C19H19N5O3/c25-24(26)17-6-5-16(18-15(17)4-2-7-20-18)22-13-14-3-1-8-21-19(14)23-9-11-27-12-10-23/h1-8,22H,9-13H2. The van der Waals surface area contributed by atoms with Gasteiger partial charge < -0.3 is 15.0 Å². The fourth-order valence-corrected chi connectivity index (χ4v) is 3.28. The number of hydrogen-bond acceptors (Lipinski definition) is 7. The first-order valence-corrected chi connectivity index (χ1v) is 8.76. The molecule has 1 N–H and O–H groups in total. The summed E-state index contributed by atoms with van der Waals surface area (Å²) in [5.74, 6) is 0.937. The molecule has 27 heavy (non-hydrogen) atoms. The van der Waals surface area contributed by atoms with E-state index in [9.17, 15) is 10.1 Å². The van der Waals surface area contributed by atoms with Crippen molar-refractivity contribution in [3.63, 3.8) is 0 Å². The maximum absolute atomic E-state index is 11.3. The SMILES string of the molecule is O=[N+]([O-])c1ccc(NCc2cccnc2N2CCOCC2)c2ncccc12. The Labute approximate surface area is 156 Å². The average Bonchev–Trinajstić information content (AvgIpc) is 2.72. The minimum atomic E-state index is -0.383. The minimum Gasteiger partial charge on any atom is -0.379 e. The number of fused-ring (bicyclic) bond motifs is 1. The minimum absolute atomic E-state index is 0.0547. The lowest BCUT2D eigenvalue weighted by atomic mass is 10.1. The number of nitro benzene ring substituents is 1. The number of hydrogen-bond donors (Lipinski definition) is 1. The van der Waals surface area contributed by atoms with Gasteiger partial charge >= 0.3 is 0 Å². The fourth-order valence-electron chi connectivity index (χ4n) is 3.28. The highest BCUT2D eigenvalue weighted by Gasteiger charge is 2.17. The third-order valence-corrected chi connectivity index (χ3v) is 4.59. The van der Waals surface area contributed by atoms with Gasteiger partial charge in [0.1, 0.15) is 11.3 Å². The molecule has 138 valence electrons. The molecule has 0 saturated carbocycles. The van der Waals surface area contributed by atoms with E-state index in [0.717, 1.165) is 30.2 Å². The predicted molar refractivity (Wildman–Crippen MR) is 103 cm³/mol. The molecule has 0 atom stereocenters. The third-order valence-electron chi connectivity index (χ3n) is 4.59. The summed E-state index contributed by atoms with van der Waals surface area (Å²) in [5, 5.41) is 15.1. The molecule has 1 saturated heterocycles. The van der Waals surface area contributed by atoms with E-state index in [-0.39, 0.29) is 10.6 Å². The van der Waals surface area contributed by atoms with Crippen molar-refractivity contribution < 1.29 is 9.66 Å². The van der Waals surface area contributed by atoms with Crippen LogP contribution in [-0.4, -0.2) is 41.2 Å². The van der Waals surface area contributed by atoms with Crippen LogP contribution in [0.1, 0.15) is 5.56 Å². The number of anilines is 2. The summed E-state index contributed by atoms with van der Waals surface area (Å²) in [4.78, 5) is 22.0. The van der Waals surface area contributed by atoms with Crippen LogP contribution in [0.3, 0.4) is 0 Å². The highest BCUT2D eigenvalue weighted by atomic mass is 16.6. The predicted octanol–water partition coefficient (Wildman–Crippen LogP) is 2.99. The van der Waals surface area contributed by atoms with E-state index < -0.39 is 0 Å². The van der Waals surface area contributed by atoms with Crippen molar-refractivity contribution >= 4 is 28.1 Å². The largest absolute Gasteiger partial charge is 0.379 e. The van der Waals surface area contributed by atoms with Gasteiger partial charge in [-0.1, -0.05) is 6.07 Å². The number of pyridine rings is 2. The maximum atomic E-state index is 11.3. The summed E-state index contributed by atoms with van der Waals surface area (Å²) < 4.78 is 5.42. The number of non-ortho nitro benzene ring substituents is 1. The molecule has 1 aliphatic heterocycles. The molecular weight excluding hydrogens is 346 g/mol. The Hall–Kier alpha value is -3.26. The Morgan fingerprint density at radius 3 is 2.70 bits per heavy atom. The first kappa shape index (κ1) is 17.2. The second kappa shape index (κ2) is 7.55. The molecule has 8 heteroatoms. The van der Waals surface area contributed by atoms with E-state index in [1.165, 1.54) is 6.07 Å². The number of morpholine rings is 1. The molecule has 3 aromatic rings. The molecule has 0 amide bonds. The Bertz CT molecular complexity index is 972. The van der Waals surface area contributed by atoms with Crippen molar-refractivity contribution in [3.8, 4) is 0 Å². The summed E-state index contributed by atoms with van der Waals surface area (Å²) in [6.07, 6.45) is 3.43. The fraction of sp³-hybridized carbons (Fsp3) is 0.263. The topological polar surface area (TPSA) is 93.4 Å². The lowest BCUT2D eigenvalue weighted by molar-refractivity contribution is -0.383. The van der Waals surface area contributed by atoms with Gasteiger partial charge in [-0.3, -0.25) is 15.1 Å². The van der Waals surface area contributed by atoms with Crippen LogP contribution in [0.4, 0.5) is 17.2 Å². The maximum Gasteiger partial charge on any atom is 0.278 e. The van der Waals surface area contributed by atoms with Crippen LogP contribution >= 0.6 is 0 Å². The first-order chi connectivity index (χ1) is 13.2. The zero-order valence-electron chi connectivity index (χ0n) is 14.7. The quantitative estimate of drug-likeness (QED) is 0.549. The highest BCUT2D eigenvalue weighted by molar-refractivity contribution is 5.96. The van der Waals surface area contributed by atoms with E-state index in [1.807, 2.05) is 12.1 Å². The molecule has 0 bridgehead atoms. The molecular formula is C19H19N5O3. The molecule has 1 fully saturated rings. The Morgan fingerprint density at radius 2 is 1.89 bits per heavy atom. The lowest BCUT2D eigenvalue weighted by Crippen LogP contribution is -2.37. The number of benzene rings is 1. The van der Waals surface area contributed by atoms with Crippen molar-refractivity contribution in [2.45, 2.75) is 6.54 Å². The summed E-state index contributed by atoms with van der Waals surface area (Å²) in [5.41, 5.74) is 2.46. The molecule has 1 aliphatic rings. The van der Waals surface area contributed by atoms with Crippen molar-refractivity contribution in [3.05, 3.63) is 64.5 Å². The van der Waals surface area contributed by atoms with Gasteiger partial charge in [0.15, 0.2) is 0 Å². The van der Waals surface area contributed by atoms with Crippen LogP contribution in [-0.2, 0) is 11.3 Å². The lowest BCUT2D eigenvalue weighted by Gasteiger charge is -2.29. The number of aromatic nitrogens is 2. The van der Waals surface area contributed by atoms with E-state index in [2.05, 4.69) is 20.2 Å². The summed E-state index contributed by atoms with van der Waals surface area (Å²) >= 11 is 0. The number of nitro groups is 1. The van der Waals surface area contributed by atoms with Gasteiger partial charge in [0.2, 0.25) is 0 Å². The van der Waals surface area contributed by atoms with Crippen molar-refractivity contribution in [2.75, 3.05) is 36.5 Å². The van der Waals surface area contributed by atoms with Gasteiger partial charge in [0.25, 0.3) is 5.69 Å². The number of nitrogens with zero attached hydrogens (tertiary/aromatic N) is 4. The smallest absolute Gasteiger partial charge is 0.278 e. The second-order valence-corrected chi connectivity index (χ2v) is 6.23. The zero-order valence-corrected chi connectivity index (χ0v) is 14.7. The van der Waals surface area contributed by atoms with Crippen LogP contribution in [0.2, 0.25) is 0 Å². The zero-order chi connectivity index (χ0) is 18.6. The Morgan fingerprint density at radius 1 is 1.11 bits per heavy atom. The Kier molecular flexibility index (Phi) is 4.80. The van der Waals surface area contributed by atoms with Crippen molar-refractivity contribution in [2.24, 2.45) is 0 Å². The average molecular weight is 365 g/mol. The van der Waals surface area contributed by atoms with Gasteiger partial charge in [-0.25, -0.2) is 4.98 Å². The van der Waals surface area contributed by atoms with E-state index >= 15 is 0 Å². The van der Waals surface area contributed by atoms with Crippen molar-refractivity contribution in [1.29, 1.82) is 0 Å². The second-order valence-electron chi connectivity index (χ2n) is 6.23. The molecule has 1 aromatic carbocycles. The van der Waals surface area contributed by atoms with E-state index in [0.29, 0.717) is 30.7 Å². The number of rotatable bonds is 5. The van der Waals surface area contributed by atoms with Gasteiger partial charge in [-0.15, -0.1) is 0 Å². The van der Waals surface area contributed by atoms with Gasteiger partial charge in [-0.2, -0.15) is 0 Å². The van der Waals surface area contributed by atoms with Gasteiger partial charge in [-0.05, 0) is 24.3 Å². The normalized spacial score (nSPS) is 14.3. The van der Waals surface area contributed by atoms with Crippen LogP contribution < -0.4 is 10.2 Å². The number of ether oxygens (including phenoxy) is 1. The molecule has 8 nitrogen and oxygen atoms in total. The molecule has 3 heterocycles. The Balaban J connectivity index is 1.61. The molecule has 4 rings (SSSR count). The third kappa shape index (κ3) is 3.52. The van der Waals surface area contributed by atoms with Gasteiger partial charge in [0, 0.05) is 43.7 Å². The molecule has 0 aliphatic carbocycles. The van der Waals surface area contributed by atoms with Crippen LogP contribution in [0.15, 0.2) is 48.8 Å². The summed E-state index contributed by atoms with van der Waals surface area (Å²) in [6.45, 7) is 3.56. The van der Waals surface area contributed by atoms with Crippen LogP contribution in [0, 0.1) is 10.1 Å². The molecule has 0 spiro atoms. The van der Waals surface area contributed by atoms with Crippen LogP contribution in [0.25, 0.3) is 10.9 Å². The van der Waals surface area contributed by atoms with E-state index in [1.54, 1.807) is 30.6 Å². The highest BCUT2D eigenvalue weighted by Crippen LogP contribution is 2.30. The molecule has 2 aromatic heterocycles.